The van der Waals surface area contributed by atoms with Crippen LogP contribution >= 0.6 is 23.1 Å². The zero-order valence-electron chi connectivity index (χ0n) is 15.3. The van der Waals surface area contributed by atoms with E-state index in [9.17, 15) is 4.79 Å². The van der Waals surface area contributed by atoms with Crippen LogP contribution in [0.1, 0.15) is 36.1 Å². The van der Waals surface area contributed by atoms with Crippen molar-refractivity contribution in [2.45, 2.75) is 38.5 Å². The molecule has 0 aliphatic carbocycles. The monoisotopic (exact) mass is 404 g/mol. The summed E-state index contributed by atoms with van der Waals surface area (Å²) in [6.07, 6.45) is 1.72. The third-order valence-corrected chi connectivity index (χ3v) is 5.20. The molecule has 0 saturated carbocycles. The van der Waals surface area contributed by atoms with Crippen molar-refractivity contribution in [1.82, 2.24) is 15.2 Å². The lowest BCUT2D eigenvalue weighted by Crippen LogP contribution is -2.13. The van der Waals surface area contributed by atoms with E-state index in [1.807, 2.05) is 31.2 Å². The van der Waals surface area contributed by atoms with Crippen molar-refractivity contribution in [2.24, 2.45) is 0 Å². The van der Waals surface area contributed by atoms with Gasteiger partial charge in [0.1, 0.15) is 5.75 Å². The van der Waals surface area contributed by atoms with Crippen molar-refractivity contribution in [3.05, 3.63) is 46.8 Å². The molecule has 0 aliphatic rings. The van der Waals surface area contributed by atoms with E-state index in [-0.39, 0.29) is 18.3 Å². The first-order valence-electron chi connectivity index (χ1n) is 8.40. The van der Waals surface area contributed by atoms with E-state index in [0.29, 0.717) is 22.2 Å². The summed E-state index contributed by atoms with van der Waals surface area (Å²) in [5.41, 5.74) is 1.25. The summed E-state index contributed by atoms with van der Waals surface area (Å²) < 4.78 is 11.2. The SMILES string of the molecule is Cc1cnc(NC(=O)CSc2nnc(COc3ccc(C(C)C)cc3)o2)s1. The molecule has 0 spiro atoms. The molecule has 0 radical (unpaired) electrons. The summed E-state index contributed by atoms with van der Waals surface area (Å²) in [6.45, 7) is 6.40. The minimum absolute atomic E-state index is 0.164. The van der Waals surface area contributed by atoms with Crippen molar-refractivity contribution < 1.29 is 13.9 Å². The highest BCUT2D eigenvalue weighted by Gasteiger charge is 2.11. The van der Waals surface area contributed by atoms with Crippen LogP contribution in [-0.4, -0.2) is 26.8 Å². The Morgan fingerprint density at radius 1 is 1.30 bits per heavy atom. The predicted octanol–water partition coefficient (Wildman–Crippen LogP) is 4.27. The Kier molecular flexibility index (Phi) is 6.46. The first-order chi connectivity index (χ1) is 13.0. The number of ether oxygens (including phenoxy) is 1. The van der Waals surface area contributed by atoms with Crippen LogP contribution in [0, 0.1) is 6.92 Å². The van der Waals surface area contributed by atoms with Gasteiger partial charge in [0, 0.05) is 11.1 Å². The van der Waals surface area contributed by atoms with E-state index in [4.69, 9.17) is 9.15 Å². The Balaban J connectivity index is 1.44. The van der Waals surface area contributed by atoms with Crippen molar-refractivity contribution in [3.63, 3.8) is 0 Å². The maximum atomic E-state index is 11.9. The van der Waals surface area contributed by atoms with Crippen LogP contribution in [-0.2, 0) is 11.4 Å². The fraction of sp³-hybridized carbons (Fsp3) is 0.333. The van der Waals surface area contributed by atoms with Gasteiger partial charge in [-0.25, -0.2) is 4.98 Å². The molecule has 1 N–H and O–H groups in total. The van der Waals surface area contributed by atoms with Gasteiger partial charge in [0.05, 0.1) is 5.75 Å². The van der Waals surface area contributed by atoms with Gasteiger partial charge in [-0.15, -0.1) is 21.5 Å². The lowest BCUT2D eigenvalue weighted by molar-refractivity contribution is -0.113. The summed E-state index contributed by atoms with van der Waals surface area (Å²) in [5, 5.41) is 11.5. The Hall–Kier alpha value is -2.39. The van der Waals surface area contributed by atoms with Gasteiger partial charge in [0.2, 0.25) is 5.91 Å². The van der Waals surface area contributed by atoms with E-state index in [1.54, 1.807) is 6.20 Å². The second kappa shape index (κ2) is 9.01. The van der Waals surface area contributed by atoms with Crippen LogP contribution in [0.2, 0.25) is 0 Å². The number of thiazole rings is 1. The summed E-state index contributed by atoms with van der Waals surface area (Å²) in [5.74, 6) is 1.57. The van der Waals surface area contributed by atoms with Crippen molar-refractivity contribution in [2.75, 3.05) is 11.1 Å². The minimum atomic E-state index is -0.171. The molecule has 0 atom stereocenters. The van der Waals surface area contributed by atoms with Crippen LogP contribution < -0.4 is 10.1 Å². The summed E-state index contributed by atoms with van der Waals surface area (Å²) in [4.78, 5) is 17.0. The minimum Gasteiger partial charge on any atom is -0.484 e. The smallest absolute Gasteiger partial charge is 0.277 e. The van der Waals surface area contributed by atoms with Crippen molar-refractivity contribution in [3.8, 4) is 5.75 Å². The molecule has 0 saturated heterocycles. The van der Waals surface area contributed by atoms with E-state index >= 15 is 0 Å². The zero-order valence-corrected chi connectivity index (χ0v) is 16.9. The number of benzene rings is 1. The Morgan fingerprint density at radius 2 is 2.07 bits per heavy atom. The molecule has 2 heterocycles. The van der Waals surface area contributed by atoms with Crippen LogP contribution in [0.3, 0.4) is 0 Å². The molecular weight excluding hydrogens is 384 g/mol. The molecular formula is C18H20N4O3S2. The van der Waals surface area contributed by atoms with Crippen LogP contribution in [0.25, 0.3) is 0 Å². The number of aromatic nitrogens is 3. The quantitative estimate of drug-likeness (QED) is 0.561. The standard InChI is InChI=1S/C18H20N4O3S2/c1-11(2)13-4-6-14(7-5-13)24-9-16-21-22-18(25-16)26-10-15(23)20-17-19-8-12(3)27-17/h4-8,11H,9-10H2,1-3H3,(H,19,20,23). The molecule has 0 fully saturated rings. The lowest BCUT2D eigenvalue weighted by Gasteiger charge is -2.07. The highest BCUT2D eigenvalue weighted by Crippen LogP contribution is 2.21. The second-order valence-corrected chi connectivity index (χ2v) is 8.25. The first kappa shape index (κ1) is 19.4. The Labute approximate surface area is 165 Å². The molecule has 7 nitrogen and oxygen atoms in total. The van der Waals surface area contributed by atoms with Gasteiger partial charge in [-0.3, -0.25) is 4.79 Å². The maximum Gasteiger partial charge on any atom is 0.277 e. The van der Waals surface area contributed by atoms with E-state index < -0.39 is 0 Å². The second-order valence-electron chi connectivity index (χ2n) is 6.09. The van der Waals surface area contributed by atoms with Gasteiger partial charge < -0.3 is 14.5 Å². The number of carbonyl (C=O) groups is 1. The van der Waals surface area contributed by atoms with Gasteiger partial charge in [-0.2, -0.15) is 0 Å². The fourth-order valence-electron chi connectivity index (χ4n) is 2.14. The normalized spacial score (nSPS) is 11.0. The number of anilines is 1. The average Bonchev–Trinajstić information content (AvgIpc) is 3.27. The van der Waals surface area contributed by atoms with Crippen LogP contribution in [0.5, 0.6) is 5.75 Å². The molecule has 0 unspecified atom stereocenters. The predicted molar refractivity (Wildman–Crippen MR) is 105 cm³/mol. The molecule has 27 heavy (non-hydrogen) atoms. The molecule has 0 bridgehead atoms. The topological polar surface area (TPSA) is 90.1 Å². The van der Waals surface area contributed by atoms with Crippen LogP contribution in [0.4, 0.5) is 5.13 Å². The van der Waals surface area contributed by atoms with Crippen molar-refractivity contribution >= 4 is 34.1 Å². The highest BCUT2D eigenvalue weighted by atomic mass is 32.2. The average molecular weight is 405 g/mol. The molecule has 0 aliphatic heterocycles. The summed E-state index contributed by atoms with van der Waals surface area (Å²) in [6, 6.07) is 7.92. The highest BCUT2D eigenvalue weighted by molar-refractivity contribution is 7.99. The van der Waals surface area contributed by atoms with Gasteiger partial charge in [-0.05, 0) is 30.5 Å². The largest absolute Gasteiger partial charge is 0.484 e. The summed E-state index contributed by atoms with van der Waals surface area (Å²) >= 11 is 2.60. The van der Waals surface area contributed by atoms with Crippen molar-refractivity contribution in [1.29, 1.82) is 0 Å². The number of hydrogen-bond acceptors (Lipinski definition) is 8. The number of thioether (sulfide) groups is 1. The fourth-order valence-corrected chi connectivity index (χ4v) is 3.41. The van der Waals surface area contributed by atoms with E-state index in [0.717, 1.165) is 10.6 Å². The number of aryl methyl sites for hydroxylation is 1. The van der Waals surface area contributed by atoms with E-state index in [1.165, 1.54) is 28.7 Å². The molecule has 2 aromatic heterocycles. The first-order valence-corrected chi connectivity index (χ1v) is 10.2. The lowest BCUT2D eigenvalue weighted by atomic mass is 10.0. The Morgan fingerprint density at radius 3 is 2.74 bits per heavy atom. The number of amides is 1. The van der Waals surface area contributed by atoms with Crippen LogP contribution in [0.15, 0.2) is 40.1 Å². The molecule has 1 aromatic carbocycles. The number of carbonyl (C=O) groups excluding carboxylic acids is 1. The van der Waals surface area contributed by atoms with E-state index in [2.05, 4.69) is 34.3 Å². The number of hydrogen-bond donors (Lipinski definition) is 1. The summed E-state index contributed by atoms with van der Waals surface area (Å²) in [7, 11) is 0. The Bertz CT molecular complexity index is 890. The number of nitrogens with zero attached hydrogens (tertiary/aromatic N) is 3. The van der Waals surface area contributed by atoms with Gasteiger partial charge in [0.25, 0.3) is 11.1 Å². The molecule has 3 aromatic rings. The number of nitrogens with one attached hydrogen (secondary N) is 1. The molecule has 9 heteroatoms. The number of rotatable bonds is 8. The third kappa shape index (κ3) is 5.80. The maximum absolute atomic E-state index is 11.9. The van der Waals surface area contributed by atoms with Gasteiger partial charge in [-0.1, -0.05) is 37.7 Å². The third-order valence-electron chi connectivity index (χ3n) is 3.55. The molecule has 3 rings (SSSR count). The van der Waals surface area contributed by atoms with Gasteiger partial charge in [0.15, 0.2) is 11.7 Å². The molecule has 1 amide bonds. The van der Waals surface area contributed by atoms with Gasteiger partial charge >= 0.3 is 0 Å². The zero-order chi connectivity index (χ0) is 19.2. The molecule has 142 valence electrons.